The lowest BCUT2D eigenvalue weighted by molar-refractivity contribution is -0.133. The molecule has 3 aromatic rings. The molecule has 0 spiro atoms. The van der Waals surface area contributed by atoms with Crippen LogP contribution in [-0.2, 0) is 16.6 Å². The molecule has 0 aliphatic carbocycles. The van der Waals surface area contributed by atoms with Gasteiger partial charge in [-0.25, -0.2) is 8.60 Å². The third-order valence-electron chi connectivity index (χ3n) is 3.86. The van der Waals surface area contributed by atoms with Crippen LogP contribution < -0.4 is 9.04 Å². The van der Waals surface area contributed by atoms with Gasteiger partial charge < -0.3 is 4.74 Å². The lowest BCUT2D eigenvalue weighted by atomic mass is 10.2. The predicted molar refractivity (Wildman–Crippen MR) is 108 cm³/mol. The predicted octanol–water partition coefficient (Wildman–Crippen LogP) is 4.53. The van der Waals surface area contributed by atoms with E-state index >= 15 is 0 Å². The summed E-state index contributed by atoms with van der Waals surface area (Å²) in [5, 5.41) is 0.445. The van der Waals surface area contributed by atoms with E-state index in [0.29, 0.717) is 5.06 Å². The van der Waals surface area contributed by atoms with Crippen LogP contribution in [0, 0.1) is 12.7 Å². The Balaban J connectivity index is 1.58. The molecule has 0 N–H and O–H groups in total. The Morgan fingerprint density at radius 2 is 1.93 bits per heavy atom. The second-order valence-electron chi connectivity index (χ2n) is 5.89. The summed E-state index contributed by atoms with van der Waals surface area (Å²) in [5.41, 5.74) is 2.61. The van der Waals surface area contributed by atoms with Crippen molar-refractivity contribution in [1.82, 2.24) is 0 Å². The highest BCUT2D eigenvalue weighted by Gasteiger charge is 2.12. The quantitative estimate of drug-likeness (QED) is 0.466. The number of aryl methyl sites for hydroxylation is 1. The first kappa shape index (κ1) is 19.3. The van der Waals surface area contributed by atoms with Crippen molar-refractivity contribution in [1.29, 1.82) is 0 Å². The van der Waals surface area contributed by atoms with Crippen molar-refractivity contribution < 1.29 is 18.1 Å². The molecule has 0 saturated heterocycles. The number of hydrogen-bond acceptors (Lipinski definition) is 4. The van der Waals surface area contributed by atoms with Gasteiger partial charge in [-0.15, -0.1) is 0 Å². The number of benzene rings is 2. The standard InChI is InChI=1S/C20H18FNO3S2/c1-14-5-7-17(8-6-14)22(27-24)12-11-19(23)25-20-10-9-18(26-20)15-3-2-4-16(21)13-15/h2-10,13,27H,11-12H2,1H3. The molecule has 0 unspecified atom stereocenters. The minimum Gasteiger partial charge on any atom is -0.415 e. The van der Waals surface area contributed by atoms with Gasteiger partial charge >= 0.3 is 5.97 Å². The molecule has 0 fully saturated rings. The second kappa shape index (κ2) is 8.92. The Hall–Kier alpha value is -2.51. The summed E-state index contributed by atoms with van der Waals surface area (Å²) in [6.07, 6.45) is 0.0936. The van der Waals surface area contributed by atoms with Crippen LogP contribution in [0.25, 0.3) is 10.4 Å². The van der Waals surface area contributed by atoms with Gasteiger partial charge in [-0.2, -0.15) is 0 Å². The molecule has 3 rings (SSSR count). The van der Waals surface area contributed by atoms with E-state index < -0.39 is 5.97 Å². The van der Waals surface area contributed by atoms with Crippen molar-refractivity contribution in [2.24, 2.45) is 0 Å². The Morgan fingerprint density at radius 3 is 2.63 bits per heavy atom. The van der Waals surface area contributed by atoms with Gasteiger partial charge in [-0.1, -0.05) is 41.2 Å². The van der Waals surface area contributed by atoms with Crippen LogP contribution in [0.1, 0.15) is 12.0 Å². The van der Waals surface area contributed by atoms with E-state index in [2.05, 4.69) is 0 Å². The summed E-state index contributed by atoms with van der Waals surface area (Å²) in [4.78, 5) is 12.9. The Morgan fingerprint density at radius 1 is 1.15 bits per heavy atom. The number of thiophene rings is 1. The van der Waals surface area contributed by atoms with E-state index in [4.69, 9.17) is 4.74 Å². The number of esters is 1. The van der Waals surface area contributed by atoms with Crippen molar-refractivity contribution in [3.8, 4) is 15.5 Å². The zero-order valence-corrected chi connectivity index (χ0v) is 16.3. The average Bonchev–Trinajstić information content (AvgIpc) is 3.12. The van der Waals surface area contributed by atoms with Crippen molar-refractivity contribution in [3.05, 3.63) is 72.0 Å². The van der Waals surface area contributed by atoms with Crippen LogP contribution in [0.4, 0.5) is 10.1 Å². The smallest absolute Gasteiger partial charge is 0.313 e. The zero-order valence-electron chi connectivity index (χ0n) is 14.6. The molecule has 27 heavy (non-hydrogen) atoms. The van der Waals surface area contributed by atoms with E-state index in [1.165, 1.54) is 23.5 Å². The lowest BCUT2D eigenvalue weighted by Crippen LogP contribution is -2.23. The van der Waals surface area contributed by atoms with Crippen LogP contribution >= 0.6 is 11.3 Å². The van der Waals surface area contributed by atoms with Crippen LogP contribution in [0.5, 0.6) is 5.06 Å². The molecule has 4 nitrogen and oxygen atoms in total. The first-order chi connectivity index (χ1) is 13.0. The Kier molecular flexibility index (Phi) is 6.36. The normalized spacial score (nSPS) is 10.6. The maximum atomic E-state index is 13.3. The number of hydrogen-bond donors (Lipinski definition) is 1. The van der Waals surface area contributed by atoms with Gasteiger partial charge in [0.2, 0.25) is 0 Å². The highest BCUT2D eigenvalue weighted by atomic mass is 32.2. The van der Waals surface area contributed by atoms with Crippen molar-refractivity contribution in [3.63, 3.8) is 0 Å². The fourth-order valence-corrected chi connectivity index (χ4v) is 3.74. The summed E-state index contributed by atoms with van der Waals surface area (Å²) >= 11 is 1.09. The largest absolute Gasteiger partial charge is 0.415 e. The number of rotatable bonds is 7. The average molecular weight is 404 g/mol. The van der Waals surface area contributed by atoms with E-state index in [1.54, 1.807) is 28.6 Å². The summed E-state index contributed by atoms with van der Waals surface area (Å²) in [7, 11) is 0. The van der Waals surface area contributed by atoms with Gasteiger partial charge in [0.15, 0.2) is 5.06 Å². The van der Waals surface area contributed by atoms with E-state index in [9.17, 15) is 13.4 Å². The molecule has 1 aromatic heterocycles. The third kappa shape index (κ3) is 5.24. The monoisotopic (exact) mass is 403 g/mol. The molecule has 0 aliphatic heterocycles. The van der Waals surface area contributed by atoms with Gasteiger partial charge in [0.25, 0.3) is 0 Å². The molecule has 1 heterocycles. The number of ether oxygens (including phenoxy) is 1. The van der Waals surface area contributed by atoms with Crippen molar-refractivity contribution in [2.75, 3.05) is 10.8 Å². The molecule has 7 heteroatoms. The zero-order chi connectivity index (χ0) is 19.2. The second-order valence-corrected chi connectivity index (χ2v) is 7.59. The first-order valence-electron chi connectivity index (χ1n) is 8.29. The molecule has 0 aliphatic rings. The fraction of sp³-hybridized carbons (Fsp3) is 0.150. The molecule has 2 aromatic carbocycles. The molecule has 140 valence electrons. The topological polar surface area (TPSA) is 46.6 Å². The molecular formula is C20H18FNO3S2. The maximum absolute atomic E-state index is 13.3. The molecular weight excluding hydrogens is 385 g/mol. The highest BCUT2D eigenvalue weighted by molar-refractivity contribution is 7.67. The molecule has 0 saturated carbocycles. The van der Waals surface area contributed by atoms with Gasteiger partial charge in [-0.05, 0) is 48.9 Å². The summed E-state index contributed by atoms with van der Waals surface area (Å²) < 4.78 is 31.6. The highest BCUT2D eigenvalue weighted by Crippen LogP contribution is 2.33. The fourth-order valence-electron chi connectivity index (χ4n) is 2.47. The molecule has 0 bridgehead atoms. The van der Waals surface area contributed by atoms with Gasteiger partial charge in [-0.3, -0.25) is 9.10 Å². The summed E-state index contributed by atoms with van der Waals surface area (Å²) in [6, 6.07) is 17.3. The Labute approximate surface area is 164 Å². The molecule has 0 radical (unpaired) electrons. The summed E-state index contributed by atoms with van der Waals surface area (Å²) in [5.74, 6) is -0.726. The van der Waals surface area contributed by atoms with Crippen molar-refractivity contribution >= 4 is 34.8 Å². The Bertz CT molecular complexity index is 940. The number of anilines is 1. The van der Waals surface area contributed by atoms with Crippen LogP contribution in [0.15, 0.2) is 60.7 Å². The SMILES string of the molecule is Cc1ccc(N(CCC(=O)Oc2ccc(-c3cccc(F)c3)s2)[SH]=O)cc1. The maximum Gasteiger partial charge on any atom is 0.313 e. The lowest BCUT2D eigenvalue weighted by Gasteiger charge is -2.16. The third-order valence-corrected chi connectivity index (χ3v) is 5.50. The van der Waals surface area contributed by atoms with Gasteiger partial charge in [0.05, 0.1) is 6.42 Å². The van der Waals surface area contributed by atoms with E-state index in [1.807, 2.05) is 31.2 Å². The summed E-state index contributed by atoms with van der Waals surface area (Å²) in [6.45, 7) is 2.24. The van der Waals surface area contributed by atoms with Crippen molar-refractivity contribution in [2.45, 2.75) is 13.3 Å². The van der Waals surface area contributed by atoms with Gasteiger partial charge in [0, 0.05) is 17.1 Å². The van der Waals surface area contributed by atoms with Crippen LogP contribution in [-0.4, -0.2) is 16.7 Å². The van der Waals surface area contributed by atoms with Gasteiger partial charge in [0.1, 0.15) is 17.7 Å². The minimum atomic E-state index is -0.414. The molecule has 0 amide bonds. The van der Waals surface area contributed by atoms with E-state index in [-0.39, 0.29) is 30.6 Å². The van der Waals surface area contributed by atoms with E-state index in [0.717, 1.165) is 21.7 Å². The van der Waals surface area contributed by atoms with Crippen LogP contribution in [0.2, 0.25) is 0 Å². The number of thiol groups is 1. The van der Waals surface area contributed by atoms with Crippen LogP contribution in [0.3, 0.4) is 0 Å². The number of carbonyl (C=O) groups excluding carboxylic acids is 1. The molecule has 0 atom stereocenters. The number of halogens is 1. The minimum absolute atomic E-state index is 0.0936. The number of carbonyl (C=O) groups is 1. The first-order valence-corrected chi connectivity index (χ1v) is 9.87. The number of nitrogens with zero attached hydrogens (tertiary/aromatic N) is 1.